The molecule has 1 N–H and O–H groups in total. The van der Waals surface area contributed by atoms with Crippen LogP contribution in [0.5, 0.6) is 0 Å². The quantitative estimate of drug-likeness (QED) is 0.896. The zero-order valence-electron chi connectivity index (χ0n) is 13.3. The predicted octanol–water partition coefficient (Wildman–Crippen LogP) is 1.94. The van der Waals surface area contributed by atoms with Crippen LogP contribution >= 0.6 is 0 Å². The van der Waals surface area contributed by atoms with Gasteiger partial charge in [-0.2, -0.15) is 0 Å². The van der Waals surface area contributed by atoms with Crippen molar-refractivity contribution in [2.45, 2.75) is 39.3 Å². The summed E-state index contributed by atoms with van der Waals surface area (Å²) in [5.74, 6) is 0.977. The molecule has 0 aliphatic rings. The summed E-state index contributed by atoms with van der Waals surface area (Å²) in [6, 6.07) is 0.141. The summed E-state index contributed by atoms with van der Waals surface area (Å²) < 4.78 is 7.27. The van der Waals surface area contributed by atoms with Crippen molar-refractivity contribution in [2.24, 2.45) is 7.05 Å². The van der Waals surface area contributed by atoms with E-state index < -0.39 is 5.60 Å². The first-order valence-corrected chi connectivity index (χ1v) is 6.85. The van der Waals surface area contributed by atoms with Crippen molar-refractivity contribution in [1.82, 2.24) is 19.8 Å². The smallest absolute Gasteiger partial charge is 0.410 e. The molecule has 0 aliphatic carbocycles. The second-order valence-corrected chi connectivity index (χ2v) is 5.97. The number of rotatable bonds is 5. The Labute approximate surface area is 121 Å². The highest BCUT2D eigenvalue weighted by Crippen LogP contribution is 2.10. The van der Waals surface area contributed by atoms with Gasteiger partial charge in [0.1, 0.15) is 11.4 Å². The van der Waals surface area contributed by atoms with Gasteiger partial charge in [0.25, 0.3) is 0 Å². The number of hydrogen-bond donors (Lipinski definition) is 1. The average molecular weight is 282 g/mol. The van der Waals surface area contributed by atoms with Gasteiger partial charge in [0, 0.05) is 39.6 Å². The Morgan fingerprint density at radius 2 is 2.20 bits per heavy atom. The number of nitrogens with one attached hydrogen (secondary N) is 1. The van der Waals surface area contributed by atoms with E-state index >= 15 is 0 Å². The van der Waals surface area contributed by atoms with E-state index in [0.717, 1.165) is 5.82 Å². The Morgan fingerprint density at radius 1 is 1.55 bits per heavy atom. The highest BCUT2D eigenvalue weighted by molar-refractivity contribution is 5.67. The van der Waals surface area contributed by atoms with E-state index in [1.54, 1.807) is 18.1 Å². The van der Waals surface area contributed by atoms with Crippen molar-refractivity contribution in [3.63, 3.8) is 0 Å². The van der Waals surface area contributed by atoms with Crippen LogP contribution in [0.1, 0.15) is 39.6 Å². The minimum absolute atomic E-state index is 0.141. The maximum absolute atomic E-state index is 11.8. The molecule has 1 rings (SSSR count). The molecule has 0 saturated heterocycles. The van der Waals surface area contributed by atoms with E-state index in [1.807, 2.05) is 38.6 Å². The number of ether oxygens (including phenoxy) is 1. The zero-order chi connectivity index (χ0) is 15.3. The lowest BCUT2D eigenvalue weighted by Gasteiger charge is -2.25. The van der Waals surface area contributed by atoms with E-state index in [2.05, 4.69) is 17.2 Å². The Kier molecular flexibility index (Phi) is 5.56. The van der Waals surface area contributed by atoms with Crippen molar-refractivity contribution in [1.29, 1.82) is 0 Å². The molecule has 0 saturated carbocycles. The number of carbonyl (C=O) groups is 1. The van der Waals surface area contributed by atoms with Gasteiger partial charge in [-0.3, -0.25) is 0 Å². The van der Waals surface area contributed by atoms with Gasteiger partial charge >= 0.3 is 6.09 Å². The predicted molar refractivity (Wildman–Crippen MR) is 78.5 cm³/mol. The molecule has 1 aromatic heterocycles. The summed E-state index contributed by atoms with van der Waals surface area (Å²) in [6.07, 6.45) is 3.39. The van der Waals surface area contributed by atoms with Gasteiger partial charge in [-0.1, -0.05) is 0 Å². The van der Waals surface area contributed by atoms with E-state index in [9.17, 15) is 4.79 Å². The molecule has 0 spiro atoms. The third-order valence-corrected chi connectivity index (χ3v) is 2.85. The van der Waals surface area contributed by atoms with Gasteiger partial charge in [-0.05, 0) is 27.7 Å². The SMILES string of the molecule is CC(NCCN(C)C(=O)OC(C)(C)C)c1nccn1C. The molecule has 1 heterocycles. The summed E-state index contributed by atoms with van der Waals surface area (Å²) in [4.78, 5) is 17.6. The van der Waals surface area contributed by atoms with Gasteiger partial charge in [-0.15, -0.1) is 0 Å². The van der Waals surface area contributed by atoms with Crippen molar-refractivity contribution < 1.29 is 9.53 Å². The molecule has 0 aliphatic heterocycles. The van der Waals surface area contributed by atoms with Crippen LogP contribution in [0.25, 0.3) is 0 Å². The number of aromatic nitrogens is 2. The number of nitrogens with zero attached hydrogens (tertiary/aromatic N) is 3. The molecule has 0 radical (unpaired) electrons. The molecule has 0 bridgehead atoms. The van der Waals surface area contributed by atoms with Crippen LogP contribution in [0.3, 0.4) is 0 Å². The molecule has 1 amide bonds. The topological polar surface area (TPSA) is 59.4 Å². The molecular formula is C14H26N4O2. The van der Waals surface area contributed by atoms with Gasteiger partial charge < -0.3 is 19.5 Å². The van der Waals surface area contributed by atoms with Gasteiger partial charge in [0.05, 0.1) is 6.04 Å². The molecule has 114 valence electrons. The van der Waals surface area contributed by atoms with Crippen LogP contribution in [0.4, 0.5) is 4.79 Å². The molecular weight excluding hydrogens is 256 g/mol. The van der Waals surface area contributed by atoms with Crippen LogP contribution in [-0.4, -0.2) is 46.3 Å². The highest BCUT2D eigenvalue weighted by Gasteiger charge is 2.19. The summed E-state index contributed by atoms with van der Waals surface area (Å²) >= 11 is 0. The number of carbonyl (C=O) groups excluding carboxylic acids is 1. The minimum atomic E-state index is -0.459. The maximum Gasteiger partial charge on any atom is 0.410 e. The molecule has 1 aromatic rings. The van der Waals surface area contributed by atoms with Crippen LogP contribution < -0.4 is 5.32 Å². The zero-order valence-corrected chi connectivity index (χ0v) is 13.3. The monoisotopic (exact) mass is 282 g/mol. The van der Waals surface area contributed by atoms with Crippen molar-refractivity contribution in [3.8, 4) is 0 Å². The first-order chi connectivity index (χ1) is 9.20. The minimum Gasteiger partial charge on any atom is -0.444 e. The standard InChI is InChI=1S/C14H26N4O2/c1-11(12-16-8-9-17(12)5)15-7-10-18(6)13(19)20-14(2,3)4/h8-9,11,15H,7,10H2,1-6H3. The average Bonchev–Trinajstić information content (AvgIpc) is 2.72. The van der Waals surface area contributed by atoms with Crippen molar-refractivity contribution in [3.05, 3.63) is 18.2 Å². The fourth-order valence-corrected chi connectivity index (χ4v) is 1.77. The van der Waals surface area contributed by atoms with Crippen molar-refractivity contribution >= 4 is 6.09 Å². The Bertz CT molecular complexity index is 437. The van der Waals surface area contributed by atoms with Gasteiger partial charge in [-0.25, -0.2) is 9.78 Å². The van der Waals surface area contributed by atoms with E-state index in [4.69, 9.17) is 4.74 Å². The number of amides is 1. The fraction of sp³-hybridized carbons (Fsp3) is 0.714. The van der Waals surface area contributed by atoms with E-state index in [1.165, 1.54) is 0 Å². The maximum atomic E-state index is 11.8. The molecule has 6 nitrogen and oxygen atoms in total. The highest BCUT2D eigenvalue weighted by atomic mass is 16.6. The first kappa shape index (κ1) is 16.5. The molecule has 20 heavy (non-hydrogen) atoms. The number of imidazole rings is 1. The molecule has 6 heteroatoms. The van der Waals surface area contributed by atoms with E-state index in [-0.39, 0.29) is 12.1 Å². The summed E-state index contributed by atoms with van der Waals surface area (Å²) in [6.45, 7) is 8.91. The lowest BCUT2D eigenvalue weighted by molar-refractivity contribution is 0.0299. The second kappa shape index (κ2) is 6.74. The van der Waals surface area contributed by atoms with Crippen molar-refractivity contribution in [2.75, 3.05) is 20.1 Å². The molecule has 1 atom stereocenters. The number of hydrogen-bond acceptors (Lipinski definition) is 4. The van der Waals surface area contributed by atoms with E-state index in [0.29, 0.717) is 13.1 Å². The molecule has 0 fully saturated rings. The molecule has 0 aromatic carbocycles. The van der Waals surface area contributed by atoms with Gasteiger partial charge in [0.15, 0.2) is 0 Å². The lowest BCUT2D eigenvalue weighted by atomic mass is 10.2. The Balaban J connectivity index is 2.33. The lowest BCUT2D eigenvalue weighted by Crippen LogP contribution is -2.38. The van der Waals surface area contributed by atoms with Gasteiger partial charge in [0.2, 0.25) is 0 Å². The summed E-state index contributed by atoms with van der Waals surface area (Å²) in [5.41, 5.74) is -0.459. The Morgan fingerprint density at radius 3 is 2.70 bits per heavy atom. The Hall–Kier alpha value is -1.56. The summed E-state index contributed by atoms with van der Waals surface area (Å²) in [7, 11) is 3.70. The summed E-state index contributed by atoms with van der Waals surface area (Å²) in [5, 5.41) is 3.34. The van der Waals surface area contributed by atoms with Crippen LogP contribution in [0.2, 0.25) is 0 Å². The van der Waals surface area contributed by atoms with Crippen LogP contribution in [0, 0.1) is 0 Å². The second-order valence-electron chi connectivity index (χ2n) is 5.97. The van der Waals surface area contributed by atoms with Crippen LogP contribution in [-0.2, 0) is 11.8 Å². The first-order valence-electron chi connectivity index (χ1n) is 6.85. The number of likely N-dealkylation sites (N-methyl/N-ethyl adjacent to an activating group) is 1. The number of aryl methyl sites for hydroxylation is 1. The third kappa shape index (κ3) is 5.21. The molecule has 1 unspecified atom stereocenters. The normalized spacial score (nSPS) is 13.1. The fourth-order valence-electron chi connectivity index (χ4n) is 1.77. The largest absolute Gasteiger partial charge is 0.444 e. The third-order valence-electron chi connectivity index (χ3n) is 2.85. The van der Waals surface area contributed by atoms with Crippen LogP contribution in [0.15, 0.2) is 12.4 Å².